The number of carbonyl (C=O) groups excluding carboxylic acids is 1. The van der Waals surface area contributed by atoms with Gasteiger partial charge in [0, 0.05) is 39.3 Å². The van der Waals surface area contributed by atoms with Crippen molar-refractivity contribution in [2.75, 3.05) is 39.3 Å². The van der Waals surface area contributed by atoms with E-state index in [1.54, 1.807) is 0 Å². The van der Waals surface area contributed by atoms with Crippen LogP contribution in [0.5, 0.6) is 0 Å². The molecule has 8 heteroatoms. The molecule has 24 heavy (non-hydrogen) atoms. The summed E-state index contributed by atoms with van der Waals surface area (Å²) in [4.78, 5) is 16.9. The van der Waals surface area contributed by atoms with Gasteiger partial charge in [-0.3, -0.25) is 9.69 Å². The summed E-state index contributed by atoms with van der Waals surface area (Å²) in [5.41, 5.74) is 0.929. The van der Waals surface area contributed by atoms with Crippen molar-refractivity contribution in [3.8, 4) is 0 Å². The van der Waals surface area contributed by atoms with Crippen LogP contribution in [0.2, 0.25) is 0 Å². The average Bonchev–Trinajstić information content (AvgIpc) is 2.57. The molecule has 1 fully saturated rings. The van der Waals surface area contributed by atoms with E-state index in [2.05, 4.69) is 0 Å². The van der Waals surface area contributed by atoms with E-state index in [4.69, 9.17) is 5.14 Å². The number of nitrogens with zero attached hydrogens (tertiary/aromatic N) is 3. The summed E-state index contributed by atoms with van der Waals surface area (Å²) in [6.45, 7) is 6.77. The van der Waals surface area contributed by atoms with Crippen LogP contribution in [0.1, 0.15) is 25.5 Å². The molecule has 134 valence electrons. The molecule has 0 bridgehead atoms. The molecule has 7 nitrogen and oxygen atoms in total. The monoisotopic (exact) mass is 354 g/mol. The van der Waals surface area contributed by atoms with Gasteiger partial charge in [0.05, 0.1) is 0 Å². The van der Waals surface area contributed by atoms with Gasteiger partial charge >= 0.3 is 0 Å². The largest absolute Gasteiger partial charge is 0.342 e. The third kappa shape index (κ3) is 4.32. The van der Waals surface area contributed by atoms with Crippen molar-refractivity contribution < 1.29 is 13.2 Å². The van der Waals surface area contributed by atoms with Crippen LogP contribution < -0.4 is 5.14 Å². The van der Waals surface area contributed by atoms with Crippen molar-refractivity contribution >= 4 is 16.1 Å². The first-order chi connectivity index (χ1) is 11.4. The maximum Gasteiger partial charge on any atom is 0.276 e. The van der Waals surface area contributed by atoms with E-state index in [1.807, 2.05) is 54.0 Å². The number of benzene rings is 1. The van der Waals surface area contributed by atoms with Gasteiger partial charge in [0.25, 0.3) is 10.2 Å². The molecular formula is C16H26N4O3S. The van der Waals surface area contributed by atoms with E-state index in [9.17, 15) is 13.2 Å². The zero-order valence-corrected chi connectivity index (χ0v) is 15.1. The third-order valence-electron chi connectivity index (χ3n) is 4.42. The van der Waals surface area contributed by atoms with Gasteiger partial charge in [-0.1, -0.05) is 30.3 Å². The van der Waals surface area contributed by atoms with Crippen LogP contribution in [0.4, 0.5) is 0 Å². The first kappa shape index (κ1) is 18.9. The predicted molar refractivity (Wildman–Crippen MR) is 93.4 cm³/mol. The van der Waals surface area contributed by atoms with Gasteiger partial charge in [-0.05, 0) is 19.4 Å². The van der Waals surface area contributed by atoms with Crippen molar-refractivity contribution in [3.05, 3.63) is 35.9 Å². The molecule has 1 aliphatic heterocycles. The Labute approximate surface area is 144 Å². The number of carbonyl (C=O) groups is 1. The molecule has 0 aromatic heterocycles. The number of hydrogen-bond donors (Lipinski definition) is 1. The maximum absolute atomic E-state index is 13.0. The Kier molecular flexibility index (Phi) is 6.34. The van der Waals surface area contributed by atoms with Crippen molar-refractivity contribution in [1.29, 1.82) is 0 Å². The standard InChI is InChI=1S/C16H26N4O3S/c1-3-18(4-2)16(21)15(14-8-6-5-7-9-14)19-10-12-20(13-11-19)24(17,22)23/h5-9,15H,3-4,10-13H2,1-2H3,(H2,17,22,23). The average molecular weight is 354 g/mol. The van der Waals surface area contributed by atoms with E-state index in [0.29, 0.717) is 39.3 Å². The first-order valence-corrected chi connectivity index (χ1v) is 9.74. The molecule has 1 aliphatic rings. The number of nitrogens with two attached hydrogens (primary N) is 1. The lowest BCUT2D eigenvalue weighted by Crippen LogP contribution is -2.54. The van der Waals surface area contributed by atoms with Gasteiger partial charge in [0.1, 0.15) is 6.04 Å². The van der Waals surface area contributed by atoms with Crippen LogP contribution >= 0.6 is 0 Å². The van der Waals surface area contributed by atoms with Gasteiger partial charge < -0.3 is 4.90 Å². The number of piperazine rings is 1. The molecule has 1 saturated heterocycles. The van der Waals surface area contributed by atoms with E-state index < -0.39 is 16.3 Å². The Morgan fingerprint density at radius 1 is 1.12 bits per heavy atom. The summed E-state index contributed by atoms with van der Waals surface area (Å²) in [5.74, 6) is 0.0512. The molecule has 1 aromatic carbocycles. The minimum Gasteiger partial charge on any atom is -0.342 e. The fraction of sp³-hybridized carbons (Fsp3) is 0.562. The minimum absolute atomic E-state index is 0.0512. The highest BCUT2D eigenvalue weighted by Crippen LogP contribution is 2.25. The molecule has 0 spiro atoms. The van der Waals surface area contributed by atoms with Crippen LogP contribution in [0.3, 0.4) is 0 Å². The minimum atomic E-state index is -3.67. The van der Waals surface area contributed by atoms with Crippen LogP contribution in [-0.4, -0.2) is 67.7 Å². The second-order valence-electron chi connectivity index (χ2n) is 5.80. The van der Waals surface area contributed by atoms with Gasteiger partial charge in [0.2, 0.25) is 5.91 Å². The highest BCUT2D eigenvalue weighted by atomic mass is 32.2. The van der Waals surface area contributed by atoms with E-state index in [-0.39, 0.29) is 5.91 Å². The van der Waals surface area contributed by atoms with E-state index in [0.717, 1.165) is 5.56 Å². The van der Waals surface area contributed by atoms with Gasteiger partial charge in [0.15, 0.2) is 0 Å². The normalized spacial score (nSPS) is 18.3. The molecule has 1 unspecified atom stereocenters. The SMILES string of the molecule is CCN(CC)C(=O)C(c1ccccc1)N1CCN(S(N)(=O)=O)CC1. The van der Waals surface area contributed by atoms with Gasteiger partial charge in [-0.15, -0.1) is 0 Å². The van der Waals surface area contributed by atoms with Crippen LogP contribution in [0.25, 0.3) is 0 Å². The molecule has 1 heterocycles. The second-order valence-corrected chi connectivity index (χ2v) is 7.35. The molecular weight excluding hydrogens is 328 g/mol. The summed E-state index contributed by atoms with van der Waals surface area (Å²) in [6, 6.07) is 9.24. The van der Waals surface area contributed by atoms with Gasteiger partial charge in [-0.2, -0.15) is 12.7 Å². The molecule has 1 atom stereocenters. The summed E-state index contributed by atoms with van der Waals surface area (Å²) < 4.78 is 24.2. The molecule has 1 aromatic rings. The predicted octanol–water partition coefficient (Wildman–Crippen LogP) is 0.417. The second kappa shape index (κ2) is 8.06. The first-order valence-electron chi connectivity index (χ1n) is 8.24. The Hall–Kier alpha value is -1.48. The fourth-order valence-corrected chi connectivity index (χ4v) is 3.74. The fourth-order valence-electron chi connectivity index (χ4n) is 3.07. The van der Waals surface area contributed by atoms with Crippen LogP contribution in [0.15, 0.2) is 30.3 Å². The molecule has 2 rings (SSSR count). The summed E-state index contributed by atoms with van der Waals surface area (Å²) >= 11 is 0. The highest BCUT2D eigenvalue weighted by molar-refractivity contribution is 7.86. The third-order valence-corrected chi connectivity index (χ3v) is 5.51. The summed E-state index contributed by atoms with van der Waals surface area (Å²) in [7, 11) is -3.67. The quantitative estimate of drug-likeness (QED) is 0.802. The lowest BCUT2D eigenvalue weighted by Gasteiger charge is -2.39. The Balaban J connectivity index is 2.23. The zero-order valence-electron chi connectivity index (χ0n) is 14.3. The Bertz CT molecular complexity index is 639. The van der Waals surface area contributed by atoms with Crippen LogP contribution in [-0.2, 0) is 15.0 Å². The molecule has 2 N–H and O–H groups in total. The molecule has 0 aliphatic carbocycles. The number of likely N-dealkylation sites (N-methyl/N-ethyl adjacent to an activating group) is 1. The van der Waals surface area contributed by atoms with Crippen molar-refractivity contribution in [3.63, 3.8) is 0 Å². The lowest BCUT2D eigenvalue weighted by atomic mass is 10.0. The molecule has 1 amide bonds. The van der Waals surface area contributed by atoms with Crippen molar-refractivity contribution in [1.82, 2.24) is 14.1 Å². The Morgan fingerprint density at radius 2 is 1.67 bits per heavy atom. The number of amides is 1. The maximum atomic E-state index is 13.0. The van der Waals surface area contributed by atoms with E-state index in [1.165, 1.54) is 4.31 Å². The highest BCUT2D eigenvalue weighted by Gasteiger charge is 2.34. The van der Waals surface area contributed by atoms with Crippen molar-refractivity contribution in [2.24, 2.45) is 5.14 Å². The lowest BCUT2D eigenvalue weighted by molar-refractivity contribution is -0.137. The van der Waals surface area contributed by atoms with Gasteiger partial charge in [-0.25, -0.2) is 5.14 Å². The summed E-state index contributed by atoms with van der Waals surface area (Å²) in [6.07, 6.45) is 0. The number of rotatable bonds is 6. The summed E-state index contributed by atoms with van der Waals surface area (Å²) in [5, 5.41) is 5.20. The zero-order chi connectivity index (χ0) is 17.7. The van der Waals surface area contributed by atoms with Crippen LogP contribution in [0, 0.1) is 0 Å². The van der Waals surface area contributed by atoms with Crippen molar-refractivity contribution in [2.45, 2.75) is 19.9 Å². The van der Waals surface area contributed by atoms with E-state index >= 15 is 0 Å². The molecule has 0 radical (unpaired) electrons. The molecule has 0 saturated carbocycles. The smallest absolute Gasteiger partial charge is 0.276 e. The number of hydrogen-bond acceptors (Lipinski definition) is 4. The topological polar surface area (TPSA) is 86.9 Å². The Morgan fingerprint density at radius 3 is 2.12 bits per heavy atom.